The molecule has 0 aliphatic heterocycles. The van der Waals surface area contributed by atoms with Crippen molar-refractivity contribution in [1.82, 2.24) is 4.90 Å². The highest BCUT2D eigenvalue weighted by molar-refractivity contribution is 5.85. The Kier molecular flexibility index (Phi) is 7.59. The Morgan fingerprint density at radius 3 is 2.40 bits per heavy atom. The molecule has 0 radical (unpaired) electrons. The van der Waals surface area contributed by atoms with Crippen LogP contribution in [0.15, 0.2) is 0 Å². The first-order valence-electron chi connectivity index (χ1n) is 7.74. The maximum absolute atomic E-state index is 12.5. The summed E-state index contributed by atoms with van der Waals surface area (Å²) in [4.78, 5) is 25.3. The average Bonchev–Trinajstić information content (AvgIpc) is 2.91. The van der Waals surface area contributed by atoms with Crippen molar-refractivity contribution in [3.8, 4) is 0 Å². The normalized spacial score (nSPS) is 21.9. The second-order valence-corrected chi connectivity index (χ2v) is 5.59. The molecule has 1 aliphatic rings. The van der Waals surface area contributed by atoms with Crippen LogP contribution in [0.5, 0.6) is 0 Å². The summed E-state index contributed by atoms with van der Waals surface area (Å²) < 4.78 is 0. The third-order valence-corrected chi connectivity index (χ3v) is 4.11. The summed E-state index contributed by atoms with van der Waals surface area (Å²) in [5.74, 6) is -1.89. The molecule has 0 aromatic heterocycles. The minimum Gasteiger partial charge on any atom is -0.481 e. The molecule has 0 bridgehead atoms. The van der Waals surface area contributed by atoms with Crippen LogP contribution in [0.1, 0.15) is 51.9 Å². The SMILES string of the molecule is CCCCCCN(CCO)C(=O)[C@@H]1CCC[C@@H]1C(=O)O. The topological polar surface area (TPSA) is 77.8 Å². The van der Waals surface area contributed by atoms with Gasteiger partial charge in [-0.3, -0.25) is 9.59 Å². The van der Waals surface area contributed by atoms with Crippen LogP contribution >= 0.6 is 0 Å². The van der Waals surface area contributed by atoms with E-state index in [0.717, 1.165) is 32.1 Å². The number of carboxylic acids is 1. The Bertz CT molecular complexity index is 319. The fourth-order valence-corrected chi connectivity index (χ4v) is 2.97. The number of aliphatic hydroxyl groups is 1. The molecular weight excluding hydrogens is 258 g/mol. The van der Waals surface area contributed by atoms with E-state index in [2.05, 4.69) is 6.92 Å². The molecule has 116 valence electrons. The largest absolute Gasteiger partial charge is 0.481 e. The first kappa shape index (κ1) is 17.0. The number of carboxylic acid groups (broad SMARTS) is 1. The predicted octanol–water partition coefficient (Wildman–Crippen LogP) is 1.89. The van der Waals surface area contributed by atoms with Crippen LogP contribution in [0.2, 0.25) is 0 Å². The maximum atomic E-state index is 12.5. The summed E-state index contributed by atoms with van der Waals surface area (Å²) in [6, 6.07) is 0. The van der Waals surface area contributed by atoms with Gasteiger partial charge in [-0.25, -0.2) is 0 Å². The zero-order chi connectivity index (χ0) is 15.0. The Morgan fingerprint density at radius 2 is 1.80 bits per heavy atom. The van der Waals surface area contributed by atoms with E-state index in [4.69, 9.17) is 5.11 Å². The standard InChI is InChI=1S/C15H27NO4/c1-2-3-4-5-9-16(10-11-17)14(18)12-7-6-8-13(12)15(19)20/h12-13,17H,2-11H2,1H3,(H,19,20)/t12-,13+/m1/s1. The molecule has 1 amide bonds. The lowest BCUT2D eigenvalue weighted by Gasteiger charge is -2.26. The Hall–Kier alpha value is -1.10. The smallest absolute Gasteiger partial charge is 0.307 e. The van der Waals surface area contributed by atoms with E-state index >= 15 is 0 Å². The molecule has 5 nitrogen and oxygen atoms in total. The molecule has 0 aromatic rings. The van der Waals surface area contributed by atoms with Crippen LogP contribution in [-0.2, 0) is 9.59 Å². The third kappa shape index (κ3) is 4.78. The van der Waals surface area contributed by atoms with Gasteiger partial charge in [0.2, 0.25) is 5.91 Å². The van der Waals surface area contributed by atoms with E-state index in [0.29, 0.717) is 25.9 Å². The van der Waals surface area contributed by atoms with Gasteiger partial charge in [0.05, 0.1) is 18.4 Å². The average molecular weight is 285 g/mol. The van der Waals surface area contributed by atoms with Gasteiger partial charge in [-0.1, -0.05) is 32.6 Å². The molecule has 2 N–H and O–H groups in total. The van der Waals surface area contributed by atoms with Gasteiger partial charge >= 0.3 is 5.97 Å². The van der Waals surface area contributed by atoms with Crippen molar-refractivity contribution in [2.75, 3.05) is 19.7 Å². The molecule has 0 heterocycles. The Morgan fingerprint density at radius 1 is 1.10 bits per heavy atom. The van der Waals surface area contributed by atoms with E-state index in [1.807, 2.05) is 0 Å². The summed E-state index contributed by atoms with van der Waals surface area (Å²) in [7, 11) is 0. The second kappa shape index (κ2) is 8.95. The molecule has 0 aromatic carbocycles. The number of unbranched alkanes of at least 4 members (excludes halogenated alkanes) is 3. The summed E-state index contributed by atoms with van der Waals surface area (Å²) in [5, 5.41) is 18.3. The second-order valence-electron chi connectivity index (χ2n) is 5.59. The van der Waals surface area contributed by atoms with Gasteiger partial charge in [0.25, 0.3) is 0 Å². The monoisotopic (exact) mass is 285 g/mol. The number of aliphatic carboxylic acids is 1. The molecule has 5 heteroatoms. The summed E-state index contributed by atoms with van der Waals surface area (Å²) in [6.45, 7) is 3.01. The number of nitrogens with zero attached hydrogens (tertiary/aromatic N) is 1. The number of carbonyl (C=O) groups excluding carboxylic acids is 1. The van der Waals surface area contributed by atoms with E-state index in [1.54, 1.807) is 4.90 Å². The van der Waals surface area contributed by atoms with Crippen molar-refractivity contribution in [2.24, 2.45) is 11.8 Å². The minimum atomic E-state index is -0.865. The number of rotatable bonds is 9. The fourth-order valence-electron chi connectivity index (χ4n) is 2.97. The van der Waals surface area contributed by atoms with Crippen molar-refractivity contribution < 1.29 is 19.8 Å². The van der Waals surface area contributed by atoms with Crippen molar-refractivity contribution >= 4 is 11.9 Å². The first-order valence-corrected chi connectivity index (χ1v) is 7.74. The molecule has 0 saturated heterocycles. The number of aliphatic hydroxyl groups excluding tert-OH is 1. The molecule has 0 unspecified atom stereocenters. The lowest BCUT2D eigenvalue weighted by atomic mass is 9.94. The van der Waals surface area contributed by atoms with Crippen LogP contribution < -0.4 is 0 Å². The highest BCUT2D eigenvalue weighted by atomic mass is 16.4. The number of hydrogen-bond acceptors (Lipinski definition) is 3. The molecule has 0 spiro atoms. The van der Waals surface area contributed by atoms with E-state index in [9.17, 15) is 14.7 Å². The van der Waals surface area contributed by atoms with Crippen molar-refractivity contribution in [2.45, 2.75) is 51.9 Å². The van der Waals surface area contributed by atoms with Crippen LogP contribution in [-0.4, -0.2) is 46.7 Å². The van der Waals surface area contributed by atoms with Gasteiger partial charge in [-0.15, -0.1) is 0 Å². The zero-order valence-corrected chi connectivity index (χ0v) is 12.4. The van der Waals surface area contributed by atoms with Crippen molar-refractivity contribution in [3.05, 3.63) is 0 Å². The van der Waals surface area contributed by atoms with E-state index < -0.39 is 17.8 Å². The molecule has 1 aliphatic carbocycles. The minimum absolute atomic E-state index is 0.0655. The highest BCUT2D eigenvalue weighted by Crippen LogP contribution is 2.33. The zero-order valence-electron chi connectivity index (χ0n) is 12.4. The summed E-state index contributed by atoms with van der Waals surface area (Å²) >= 11 is 0. The van der Waals surface area contributed by atoms with Gasteiger partial charge in [0, 0.05) is 13.1 Å². The van der Waals surface area contributed by atoms with Crippen molar-refractivity contribution in [1.29, 1.82) is 0 Å². The van der Waals surface area contributed by atoms with E-state index in [1.165, 1.54) is 0 Å². The number of carbonyl (C=O) groups is 2. The first-order chi connectivity index (χ1) is 9.61. The van der Waals surface area contributed by atoms with Crippen LogP contribution in [0.3, 0.4) is 0 Å². The molecule has 1 saturated carbocycles. The fraction of sp³-hybridized carbons (Fsp3) is 0.867. The lowest BCUT2D eigenvalue weighted by molar-refractivity contribution is -0.149. The highest BCUT2D eigenvalue weighted by Gasteiger charge is 2.39. The quantitative estimate of drug-likeness (QED) is 0.634. The number of hydrogen-bond donors (Lipinski definition) is 2. The molecular formula is C15H27NO4. The Labute approximate surface area is 121 Å². The van der Waals surface area contributed by atoms with Gasteiger partial charge in [-0.2, -0.15) is 0 Å². The molecule has 1 fully saturated rings. The third-order valence-electron chi connectivity index (χ3n) is 4.11. The molecule has 1 rings (SSSR count). The van der Waals surface area contributed by atoms with Gasteiger partial charge in [0.15, 0.2) is 0 Å². The number of amides is 1. The van der Waals surface area contributed by atoms with E-state index in [-0.39, 0.29) is 12.5 Å². The van der Waals surface area contributed by atoms with Gasteiger partial charge in [0.1, 0.15) is 0 Å². The Balaban J connectivity index is 2.56. The maximum Gasteiger partial charge on any atom is 0.307 e. The van der Waals surface area contributed by atoms with Crippen LogP contribution in [0, 0.1) is 11.8 Å². The predicted molar refractivity (Wildman–Crippen MR) is 76.3 cm³/mol. The van der Waals surface area contributed by atoms with Crippen LogP contribution in [0.4, 0.5) is 0 Å². The van der Waals surface area contributed by atoms with Gasteiger partial charge in [-0.05, 0) is 19.3 Å². The van der Waals surface area contributed by atoms with Crippen molar-refractivity contribution in [3.63, 3.8) is 0 Å². The van der Waals surface area contributed by atoms with Gasteiger partial charge < -0.3 is 15.1 Å². The molecule has 20 heavy (non-hydrogen) atoms. The summed E-state index contributed by atoms with van der Waals surface area (Å²) in [5.41, 5.74) is 0. The summed E-state index contributed by atoms with van der Waals surface area (Å²) in [6.07, 6.45) is 6.32. The van der Waals surface area contributed by atoms with Crippen LogP contribution in [0.25, 0.3) is 0 Å². The lowest BCUT2D eigenvalue weighted by Crippen LogP contribution is -2.41. The molecule has 2 atom stereocenters.